The highest BCUT2D eigenvalue weighted by Crippen LogP contribution is 2.62. The fourth-order valence-electron chi connectivity index (χ4n) is 8.86. The molecule has 13 heteroatoms. The maximum Gasteiger partial charge on any atom is 0.433 e. The van der Waals surface area contributed by atoms with Crippen molar-refractivity contribution in [2.24, 2.45) is 17.9 Å². The molecule has 0 radical (unpaired) electrons. The molecule has 53 heavy (non-hydrogen) atoms. The van der Waals surface area contributed by atoms with Crippen molar-refractivity contribution in [3.8, 4) is 28.3 Å². The molecule has 276 valence electrons. The van der Waals surface area contributed by atoms with Gasteiger partial charge in [0.25, 0.3) is 5.56 Å². The lowest BCUT2D eigenvalue weighted by molar-refractivity contribution is -0.141. The largest absolute Gasteiger partial charge is 0.481 e. The summed E-state index contributed by atoms with van der Waals surface area (Å²) in [5.74, 6) is 0.298. The normalized spacial score (nSPS) is 21.3. The van der Waals surface area contributed by atoms with Crippen LogP contribution in [0.4, 0.5) is 24.7 Å². The van der Waals surface area contributed by atoms with Crippen LogP contribution >= 0.6 is 23.2 Å². The summed E-state index contributed by atoms with van der Waals surface area (Å²) in [5.41, 5.74) is 4.29. The van der Waals surface area contributed by atoms with Crippen LogP contribution in [0.2, 0.25) is 10.0 Å². The molecule has 2 aliphatic carbocycles. The van der Waals surface area contributed by atoms with Crippen LogP contribution in [0.3, 0.4) is 0 Å². The fourth-order valence-corrected chi connectivity index (χ4v) is 9.46. The molecule has 0 atom stereocenters. The Kier molecular flexibility index (Phi) is 8.98. The predicted octanol–water partition coefficient (Wildman–Crippen LogP) is 9.85. The zero-order valence-electron chi connectivity index (χ0n) is 29.7. The van der Waals surface area contributed by atoms with Gasteiger partial charge in [0, 0.05) is 47.8 Å². The molecule has 8 nitrogen and oxygen atoms in total. The first kappa shape index (κ1) is 35.8. The van der Waals surface area contributed by atoms with Crippen LogP contribution in [0.25, 0.3) is 33.2 Å². The first-order valence-electron chi connectivity index (χ1n) is 17.8. The Morgan fingerprint density at radius 1 is 0.981 bits per heavy atom. The molecule has 1 N–H and O–H groups in total. The molecular formula is C40H39Cl2F3N6O2. The standard InChI is InChI=1S/C40H39Cl2F3N6O2/c1-38-11-13-39(22-38,14-12-38)15-17-51-16-10-25-24(21-51)18-30(48-36(25)53-3)28-8-4-6-26(33(28)41)27-7-5-9-29(34(27)42)47-35-32-23(20-46-50(2)37(32)52)19-31(49-35)40(43,44)45/h4-9,18-20H,10-17,21-22H2,1-3H3,(H,47,49). The van der Waals surface area contributed by atoms with E-state index in [1.807, 2.05) is 18.2 Å². The fraction of sp³-hybridized carbons (Fsp3) is 0.400. The average molecular weight is 764 g/mol. The number of anilines is 2. The zero-order valence-corrected chi connectivity index (χ0v) is 31.2. The third-order valence-electron chi connectivity index (χ3n) is 11.8. The van der Waals surface area contributed by atoms with Crippen LogP contribution in [0.15, 0.2) is 59.5 Å². The molecule has 8 rings (SSSR count). The maximum absolute atomic E-state index is 13.8. The SMILES string of the molecule is COc1nc(-c2cccc(-c3cccc(Nc4nc(C(F)(F)F)cc5cnn(C)c(=O)c45)c3Cl)c2Cl)cc2c1CCN(CCC13CCC(C)(CC1)C3)C2. The van der Waals surface area contributed by atoms with Gasteiger partial charge in [0.15, 0.2) is 0 Å². The van der Waals surface area contributed by atoms with Gasteiger partial charge in [-0.1, -0.05) is 60.5 Å². The summed E-state index contributed by atoms with van der Waals surface area (Å²) < 4.78 is 48.4. The van der Waals surface area contributed by atoms with Crippen LogP contribution in [-0.4, -0.2) is 44.8 Å². The number of ether oxygens (including phenoxy) is 1. The van der Waals surface area contributed by atoms with Crippen molar-refractivity contribution in [3.63, 3.8) is 0 Å². The summed E-state index contributed by atoms with van der Waals surface area (Å²) in [7, 11) is 3.05. The van der Waals surface area contributed by atoms with Crippen LogP contribution in [0, 0.1) is 10.8 Å². The van der Waals surface area contributed by atoms with Crippen molar-refractivity contribution >= 4 is 45.5 Å². The van der Waals surface area contributed by atoms with Gasteiger partial charge >= 0.3 is 6.18 Å². The lowest BCUT2D eigenvalue weighted by Gasteiger charge is -2.34. The summed E-state index contributed by atoms with van der Waals surface area (Å²) in [6.45, 7) is 5.31. The van der Waals surface area contributed by atoms with Gasteiger partial charge < -0.3 is 10.1 Å². The number of alkyl halides is 3. The molecule has 4 heterocycles. The van der Waals surface area contributed by atoms with Gasteiger partial charge in [-0.3, -0.25) is 9.69 Å². The van der Waals surface area contributed by atoms with Gasteiger partial charge in [-0.15, -0.1) is 0 Å². The van der Waals surface area contributed by atoms with E-state index in [1.54, 1.807) is 25.3 Å². The number of halogens is 5. The quantitative estimate of drug-likeness (QED) is 0.169. The second-order valence-corrected chi connectivity index (χ2v) is 16.0. The summed E-state index contributed by atoms with van der Waals surface area (Å²) in [6, 6.07) is 13.6. The Morgan fingerprint density at radius 2 is 1.70 bits per heavy atom. The number of nitrogens with zero attached hydrogens (tertiary/aromatic N) is 5. The number of hydrogen-bond acceptors (Lipinski definition) is 7. The van der Waals surface area contributed by atoms with E-state index in [-0.39, 0.29) is 27.3 Å². The Morgan fingerprint density at radius 3 is 2.40 bits per heavy atom. The van der Waals surface area contributed by atoms with Gasteiger partial charge in [0.05, 0.1) is 40.1 Å². The van der Waals surface area contributed by atoms with E-state index in [2.05, 4.69) is 33.3 Å². The lowest BCUT2D eigenvalue weighted by Crippen LogP contribution is -2.34. The van der Waals surface area contributed by atoms with Gasteiger partial charge in [-0.25, -0.2) is 14.6 Å². The van der Waals surface area contributed by atoms with E-state index in [0.29, 0.717) is 44.1 Å². The Hall–Kier alpha value is -4.19. The van der Waals surface area contributed by atoms with Gasteiger partial charge in [-0.2, -0.15) is 18.3 Å². The molecule has 0 saturated heterocycles. The molecule has 2 aromatic carbocycles. The van der Waals surface area contributed by atoms with Crippen LogP contribution in [0.5, 0.6) is 5.88 Å². The number of hydrogen-bond donors (Lipinski definition) is 1. The molecule has 2 bridgehead atoms. The number of aryl methyl sites for hydroxylation is 1. The van der Waals surface area contributed by atoms with Gasteiger partial charge in [-0.05, 0) is 86.1 Å². The number of methoxy groups -OCH3 is 1. The maximum atomic E-state index is 13.8. The van der Waals surface area contributed by atoms with Crippen molar-refractivity contribution in [3.05, 3.63) is 91.9 Å². The topological polar surface area (TPSA) is 85.2 Å². The van der Waals surface area contributed by atoms with E-state index in [0.717, 1.165) is 42.4 Å². The van der Waals surface area contributed by atoms with Gasteiger partial charge in [0.2, 0.25) is 5.88 Å². The molecule has 0 amide bonds. The Bertz CT molecular complexity index is 2320. The minimum Gasteiger partial charge on any atom is -0.481 e. The van der Waals surface area contributed by atoms with Crippen molar-refractivity contribution < 1.29 is 17.9 Å². The number of nitrogens with one attached hydrogen (secondary N) is 1. The smallest absolute Gasteiger partial charge is 0.433 e. The highest BCUT2D eigenvalue weighted by atomic mass is 35.5. The molecule has 0 unspecified atom stereocenters. The second kappa shape index (κ2) is 13.3. The Labute approximate surface area is 315 Å². The zero-order chi connectivity index (χ0) is 37.3. The molecule has 3 aromatic heterocycles. The Balaban J connectivity index is 1.11. The molecular weight excluding hydrogens is 724 g/mol. The number of benzene rings is 2. The summed E-state index contributed by atoms with van der Waals surface area (Å²) in [4.78, 5) is 24.3. The summed E-state index contributed by atoms with van der Waals surface area (Å²) in [6.07, 6.45) is 5.32. The number of aromatic nitrogens is 4. The highest BCUT2D eigenvalue weighted by molar-refractivity contribution is 6.39. The van der Waals surface area contributed by atoms with Crippen LogP contribution in [0.1, 0.15) is 62.3 Å². The third-order valence-corrected chi connectivity index (χ3v) is 12.6. The number of pyridine rings is 2. The minimum atomic E-state index is -4.76. The molecule has 0 spiro atoms. The number of fused-ring (bicyclic) bond motifs is 4. The monoisotopic (exact) mass is 762 g/mol. The molecule has 5 aromatic rings. The molecule has 2 saturated carbocycles. The highest BCUT2D eigenvalue weighted by Gasteiger charge is 2.51. The second-order valence-electron chi connectivity index (χ2n) is 15.3. The molecule has 1 aliphatic heterocycles. The summed E-state index contributed by atoms with van der Waals surface area (Å²) in [5, 5.41) is 7.31. The molecule has 2 fully saturated rings. The predicted molar refractivity (Wildman–Crippen MR) is 202 cm³/mol. The molecule has 3 aliphatic rings. The van der Waals surface area contributed by atoms with E-state index < -0.39 is 17.4 Å². The van der Waals surface area contributed by atoms with E-state index in [4.69, 9.17) is 32.9 Å². The van der Waals surface area contributed by atoms with Crippen LogP contribution in [-0.2, 0) is 26.2 Å². The average Bonchev–Trinajstić information content (AvgIpc) is 3.66. The third kappa shape index (κ3) is 6.55. The van der Waals surface area contributed by atoms with E-state index in [9.17, 15) is 18.0 Å². The van der Waals surface area contributed by atoms with Crippen molar-refractivity contribution in [2.45, 2.75) is 64.6 Å². The number of rotatable bonds is 8. The van der Waals surface area contributed by atoms with Crippen molar-refractivity contribution in [2.75, 3.05) is 25.5 Å². The minimum absolute atomic E-state index is 0.00746. The van der Waals surface area contributed by atoms with E-state index in [1.165, 1.54) is 57.3 Å². The lowest BCUT2D eigenvalue weighted by atomic mass is 9.80. The first-order chi connectivity index (χ1) is 25.3. The summed E-state index contributed by atoms with van der Waals surface area (Å²) >= 11 is 14.1. The van der Waals surface area contributed by atoms with Crippen LogP contribution < -0.4 is 15.6 Å². The van der Waals surface area contributed by atoms with Crippen molar-refractivity contribution in [1.82, 2.24) is 24.6 Å². The first-order valence-corrected chi connectivity index (χ1v) is 18.6. The van der Waals surface area contributed by atoms with E-state index >= 15 is 0 Å². The van der Waals surface area contributed by atoms with Gasteiger partial charge in [0.1, 0.15) is 11.5 Å². The van der Waals surface area contributed by atoms with Crippen molar-refractivity contribution in [1.29, 1.82) is 0 Å².